The van der Waals surface area contributed by atoms with Gasteiger partial charge in [0.05, 0.1) is 0 Å². The van der Waals surface area contributed by atoms with Crippen molar-refractivity contribution >= 4 is 22.9 Å². The molecule has 1 heterocycles. The first-order valence-corrected chi connectivity index (χ1v) is 7.04. The number of fused-ring (bicyclic) bond motifs is 1. The van der Waals surface area contributed by atoms with E-state index in [0.29, 0.717) is 16.4 Å². The maximum atomic E-state index is 13.9. The Morgan fingerprint density at radius 3 is 2.75 bits per heavy atom. The molecular weight excluding hydrogens is 275 g/mol. The lowest BCUT2D eigenvalue weighted by Crippen LogP contribution is -2.08. The van der Waals surface area contributed by atoms with E-state index in [1.54, 1.807) is 13.0 Å². The van der Waals surface area contributed by atoms with Crippen LogP contribution in [0.3, 0.4) is 0 Å². The first-order valence-electron chi connectivity index (χ1n) is 6.22. The van der Waals surface area contributed by atoms with Gasteiger partial charge in [-0.1, -0.05) is 18.2 Å². The zero-order valence-corrected chi connectivity index (χ0v) is 11.7. The van der Waals surface area contributed by atoms with Crippen molar-refractivity contribution in [1.29, 1.82) is 0 Å². The van der Waals surface area contributed by atoms with Gasteiger partial charge in [0, 0.05) is 16.5 Å². The van der Waals surface area contributed by atoms with Gasteiger partial charge < -0.3 is 10.2 Å². The Kier molecular flexibility index (Phi) is 3.46. The third-order valence-electron chi connectivity index (χ3n) is 2.94. The van der Waals surface area contributed by atoms with Crippen LogP contribution in [0.1, 0.15) is 18.5 Å². The van der Waals surface area contributed by atoms with Crippen LogP contribution in [-0.2, 0) is 0 Å². The molecule has 0 unspecified atom stereocenters. The highest BCUT2D eigenvalue weighted by Gasteiger charge is 2.15. The summed E-state index contributed by atoms with van der Waals surface area (Å²) in [6, 6.07) is 12.0. The van der Waals surface area contributed by atoms with Crippen molar-refractivity contribution in [1.82, 2.24) is 4.98 Å². The number of para-hydroxylation sites is 2. The number of hydrogen-bond donors (Lipinski definition) is 1. The standard InChI is InChI=1S/C15H13FN2OS/c1-9(17)14-10(16)5-4-8-13(14)20-15-18-11-6-2-3-7-12(11)19-15/h2-9H,17H2,1H3/t9-/m0/s1. The Hall–Kier alpha value is -1.85. The van der Waals surface area contributed by atoms with Crippen LogP contribution < -0.4 is 5.73 Å². The molecule has 1 aromatic heterocycles. The predicted molar refractivity (Wildman–Crippen MR) is 77.1 cm³/mol. The minimum absolute atomic E-state index is 0.305. The smallest absolute Gasteiger partial charge is 0.261 e. The Bertz CT molecular complexity index is 721. The molecule has 0 aliphatic carbocycles. The molecule has 3 rings (SSSR count). The third kappa shape index (κ3) is 2.42. The summed E-state index contributed by atoms with van der Waals surface area (Å²) in [5.74, 6) is -0.305. The van der Waals surface area contributed by atoms with E-state index >= 15 is 0 Å². The average molecular weight is 288 g/mol. The summed E-state index contributed by atoms with van der Waals surface area (Å²) >= 11 is 1.28. The number of rotatable bonds is 3. The van der Waals surface area contributed by atoms with Crippen molar-refractivity contribution in [2.24, 2.45) is 5.73 Å². The summed E-state index contributed by atoms with van der Waals surface area (Å²) in [5, 5.41) is 0.485. The fourth-order valence-corrected chi connectivity index (χ4v) is 3.04. The molecule has 20 heavy (non-hydrogen) atoms. The first kappa shape index (κ1) is 13.1. The largest absolute Gasteiger partial charge is 0.431 e. The summed E-state index contributed by atoms with van der Waals surface area (Å²) in [7, 11) is 0. The Labute approximate surface area is 120 Å². The van der Waals surface area contributed by atoms with Gasteiger partial charge in [0.25, 0.3) is 5.22 Å². The second-order valence-corrected chi connectivity index (χ2v) is 5.48. The second-order valence-electron chi connectivity index (χ2n) is 4.49. The number of nitrogens with zero attached hydrogens (tertiary/aromatic N) is 1. The Morgan fingerprint density at radius 1 is 1.20 bits per heavy atom. The molecule has 0 fully saturated rings. The lowest BCUT2D eigenvalue weighted by Gasteiger charge is -2.11. The molecule has 3 aromatic rings. The van der Waals surface area contributed by atoms with Crippen molar-refractivity contribution in [2.75, 3.05) is 0 Å². The van der Waals surface area contributed by atoms with Crippen LogP contribution in [0.25, 0.3) is 11.1 Å². The topological polar surface area (TPSA) is 52.0 Å². The van der Waals surface area contributed by atoms with Gasteiger partial charge in [-0.3, -0.25) is 0 Å². The van der Waals surface area contributed by atoms with Crippen LogP contribution in [0.5, 0.6) is 0 Å². The maximum Gasteiger partial charge on any atom is 0.261 e. The molecule has 0 amide bonds. The average Bonchev–Trinajstić information content (AvgIpc) is 2.80. The van der Waals surface area contributed by atoms with Crippen LogP contribution >= 0.6 is 11.8 Å². The minimum atomic E-state index is -0.386. The molecule has 0 aliphatic heterocycles. The molecule has 0 saturated carbocycles. The van der Waals surface area contributed by atoms with Gasteiger partial charge in [0.2, 0.25) is 0 Å². The molecule has 102 valence electrons. The Morgan fingerprint density at radius 2 is 2.00 bits per heavy atom. The van der Waals surface area contributed by atoms with Gasteiger partial charge in [-0.25, -0.2) is 9.37 Å². The summed E-state index contributed by atoms with van der Waals surface area (Å²) < 4.78 is 19.5. The lowest BCUT2D eigenvalue weighted by molar-refractivity contribution is 0.489. The highest BCUT2D eigenvalue weighted by molar-refractivity contribution is 7.99. The van der Waals surface area contributed by atoms with Crippen molar-refractivity contribution in [2.45, 2.75) is 23.1 Å². The van der Waals surface area contributed by atoms with Crippen LogP contribution in [0, 0.1) is 5.82 Å². The molecule has 2 aromatic carbocycles. The molecule has 3 nitrogen and oxygen atoms in total. The van der Waals surface area contributed by atoms with Gasteiger partial charge in [-0.05, 0) is 43.0 Å². The van der Waals surface area contributed by atoms with Gasteiger partial charge in [-0.15, -0.1) is 0 Å². The number of benzene rings is 2. The van der Waals surface area contributed by atoms with Crippen LogP contribution in [0.15, 0.2) is 57.0 Å². The van der Waals surface area contributed by atoms with E-state index in [0.717, 1.165) is 10.4 Å². The summed E-state index contributed by atoms with van der Waals surface area (Å²) in [5.41, 5.74) is 7.83. The summed E-state index contributed by atoms with van der Waals surface area (Å²) in [6.07, 6.45) is 0. The first-order chi connectivity index (χ1) is 9.65. The SMILES string of the molecule is C[C@H](N)c1c(F)cccc1Sc1nc2ccccc2o1. The molecule has 0 spiro atoms. The molecular formula is C15H13FN2OS. The number of halogens is 1. The predicted octanol–water partition coefficient (Wildman–Crippen LogP) is 4.14. The number of aromatic nitrogens is 1. The van der Waals surface area contributed by atoms with E-state index < -0.39 is 0 Å². The zero-order chi connectivity index (χ0) is 14.1. The fraction of sp³-hybridized carbons (Fsp3) is 0.133. The molecule has 0 bridgehead atoms. The number of hydrogen-bond acceptors (Lipinski definition) is 4. The highest BCUT2D eigenvalue weighted by Crippen LogP contribution is 2.35. The number of oxazole rings is 1. The van der Waals surface area contributed by atoms with E-state index in [2.05, 4.69) is 4.98 Å². The van der Waals surface area contributed by atoms with Crippen molar-refractivity contribution < 1.29 is 8.81 Å². The van der Waals surface area contributed by atoms with Gasteiger partial charge >= 0.3 is 0 Å². The summed E-state index contributed by atoms with van der Waals surface area (Å²) in [4.78, 5) is 5.10. The van der Waals surface area contributed by atoms with Gasteiger partial charge in [0.15, 0.2) is 5.58 Å². The van der Waals surface area contributed by atoms with Crippen molar-refractivity contribution in [3.63, 3.8) is 0 Å². The van der Waals surface area contributed by atoms with Crippen molar-refractivity contribution in [3.05, 3.63) is 53.8 Å². The third-order valence-corrected chi connectivity index (χ3v) is 3.86. The van der Waals surface area contributed by atoms with Crippen LogP contribution in [-0.4, -0.2) is 4.98 Å². The van der Waals surface area contributed by atoms with E-state index in [4.69, 9.17) is 10.2 Å². The molecule has 0 aliphatic rings. The highest BCUT2D eigenvalue weighted by atomic mass is 32.2. The van der Waals surface area contributed by atoms with E-state index in [1.807, 2.05) is 30.3 Å². The number of nitrogens with two attached hydrogens (primary N) is 1. The lowest BCUT2D eigenvalue weighted by atomic mass is 10.1. The van der Waals surface area contributed by atoms with E-state index in [1.165, 1.54) is 17.8 Å². The van der Waals surface area contributed by atoms with E-state index in [9.17, 15) is 4.39 Å². The van der Waals surface area contributed by atoms with Gasteiger partial charge in [0.1, 0.15) is 11.3 Å². The molecule has 5 heteroatoms. The Balaban J connectivity index is 2.00. The molecule has 0 radical (unpaired) electrons. The normalized spacial score (nSPS) is 12.8. The summed E-state index contributed by atoms with van der Waals surface area (Å²) in [6.45, 7) is 1.76. The van der Waals surface area contributed by atoms with Crippen LogP contribution in [0.2, 0.25) is 0 Å². The van der Waals surface area contributed by atoms with E-state index in [-0.39, 0.29) is 11.9 Å². The fourth-order valence-electron chi connectivity index (χ4n) is 2.04. The van der Waals surface area contributed by atoms with Crippen LogP contribution in [0.4, 0.5) is 4.39 Å². The minimum Gasteiger partial charge on any atom is -0.431 e. The zero-order valence-electron chi connectivity index (χ0n) is 10.8. The van der Waals surface area contributed by atoms with Crippen molar-refractivity contribution in [3.8, 4) is 0 Å². The molecule has 2 N–H and O–H groups in total. The monoisotopic (exact) mass is 288 g/mol. The van der Waals surface area contributed by atoms with Gasteiger partial charge in [-0.2, -0.15) is 0 Å². The second kappa shape index (κ2) is 5.26. The molecule has 0 saturated heterocycles. The maximum absolute atomic E-state index is 13.9. The quantitative estimate of drug-likeness (QED) is 0.787. The molecule has 1 atom stereocenters.